The van der Waals surface area contributed by atoms with E-state index in [1.807, 2.05) is 13.1 Å². The lowest BCUT2D eigenvalue weighted by molar-refractivity contribution is 0.670. The number of nitrogens with two attached hydrogens (primary N) is 1. The summed E-state index contributed by atoms with van der Waals surface area (Å²) >= 11 is 0. The maximum absolute atomic E-state index is 11.0. The average molecular weight is 192 g/mol. The number of aryl methyl sites for hydroxylation is 1. The summed E-state index contributed by atoms with van der Waals surface area (Å²) in [6.45, 7) is 1.99. The second kappa shape index (κ2) is 3.58. The molecule has 3 heteroatoms. The van der Waals surface area contributed by atoms with Gasteiger partial charge in [-0.15, -0.1) is 0 Å². The van der Waals surface area contributed by atoms with Gasteiger partial charge in [-0.1, -0.05) is 0 Å². The van der Waals surface area contributed by atoms with Crippen LogP contribution in [0, 0.1) is 6.92 Å². The first-order valence-electron chi connectivity index (χ1n) is 5.11. The van der Waals surface area contributed by atoms with Crippen molar-refractivity contribution in [3.63, 3.8) is 0 Å². The van der Waals surface area contributed by atoms with Crippen LogP contribution in [-0.4, -0.2) is 11.0 Å². The van der Waals surface area contributed by atoms with Crippen LogP contribution in [0.2, 0.25) is 0 Å². The Morgan fingerprint density at radius 3 is 2.86 bits per heavy atom. The molecule has 1 aromatic heterocycles. The van der Waals surface area contributed by atoms with Crippen LogP contribution in [0.4, 0.5) is 0 Å². The molecule has 0 spiro atoms. The van der Waals surface area contributed by atoms with Crippen molar-refractivity contribution >= 4 is 0 Å². The van der Waals surface area contributed by atoms with E-state index in [0.29, 0.717) is 12.0 Å². The highest BCUT2D eigenvalue weighted by Crippen LogP contribution is 2.34. The molecule has 0 bridgehead atoms. The summed E-state index contributed by atoms with van der Waals surface area (Å²) in [5, 5.41) is 0. The molecule has 76 valence electrons. The Hall–Kier alpha value is -1.09. The Bertz CT molecular complexity index is 383. The van der Waals surface area contributed by atoms with Crippen LogP contribution in [-0.2, 0) is 0 Å². The highest BCUT2D eigenvalue weighted by atomic mass is 16.1. The summed E-state index contributed by atoms with van der Waals surface area (Å²) in [6, 6.07) is 2.01. The topological polar surface area (TPSA) is 58.9 Å². The Morgan fingerprint density at radius 1 is 1.50 bits per heavy atom. The molecule has 1 aromatic rings. The normalized spacial score (nSPS) is 26.7. The van der Waals surface area contributed by atoms with Crippen molar-refractivity contribution in [3.05, 3.63) is 33.7 Å². The minimum absolute atomic E-state index is 0.0199. The zero-order chi connectivity index (χ0) is 10.1. The van der Waals surface area contributed by atoms with E-state index in [1.165, 1.54) is 5.56 Å². The lowest BCUT2D eigenvalue weighted by Gasteiger charge is -2.12. The highest BCUT2D eigenvalue weighted by molar-refractivity contribution is 5.26. The molecule has 1 aliphatic rings. The van der Waals surface area contributed by atoms with Gasteiger partial charge >= 0.3 is 0 Å². The first kappa shape index (κ1) is 9.46. The molecule has 2 unspecified atom stereocenters. The fourth-order valence-corrected chi connectivity index (χ4v) is 2.32. The molecule has 14 heavy (non-hydrogen) atoms. The quantitative estimate of drug-likeness (QED) is 0.704. The van der Waals surface area contributed by atoms with Gasteiger partial charge in [0.2, 0.25) is 5.56 Å². The van der Waals surface area contributed by atoms with Gasteiger partial charge in [-0.3, -0.25) is 4.79 Å². The molecule has 2 atom stereocenters. The number of hydrogen-bond acceptors (Lipinski definition) is 2. The SMILES string of the molecule is Cc1cc(=O)[nH]cc1C1CCC(N)C1. The van der Waals surface area contributed by atoms with Gasteiger partial charge in [-0.05, 0) is 43.2 Å². The molecule has 3 N–H and O–H groups in total. The van der Waals surface area contributed by atoms with E-state index in [-0.39, 0.29) is 5.56 Å². The third-order valence-electron chi connectivity index (χ3n) is 3.09. The summed E-state index contributed by atoms with van der Waals surface area (Å²) < 4.78 is 0. The van der Waals surface area contributed by atoms with E-state index < -0.39 is 0 Å². The minimum atomic E-state index is -0.0199. The summed E-state index contributed by atoms with van der Waals surface area (Å²) in [6.07, 6.45) is 5.14. The fraction of sp³-hybridized carbons (Fsp3) is 0.545. The average Bonchev–Trinajstić information content (AvgIpc) is 2.51. The van der Waals surface area contributed by atoms with E-state index >= 15 is 0 Å². The largest absolute Gasteiger partial charge is 0.329 e. The minimum Gasteiger partial charge on any atom is -0.329 e. The van der Waals surface area contributed by atoms with Gasteiger partial charge in [-0.25, -0.2) is 0 Å². The van der Waals surface area contributed by atoms with Gasteiger partial charge in [0, 0.05) is 18.3 Å². The first-order valence-corrected chi connectivity index (χ1v) is 5.11. The number of aromatic amines is 1. The molecule has 0 radical (unpaired) electrons. The van der Waals surface area contributed by atoms with Crippen molar-refractivity contribution in [2.24, 2.45) is 5.73 Å². The summed E-state index contributed by atoms with van der Waals surface area (Å²) in [5.74, 6) is 0.543. The molecular formula is C11H16N2O. The van der Waals surface area contributed by atoms with Crippen LogP contribution in [0.15, 0.2) is 17.1 Å². The third kappa shape index (κ3) is 1.73. The molecule has 1 saturated carbocycles. The van der Waals surface area contributed by atoms with Gasteiger partial charge in [0.25, 0.3) is 0 Å². The van der Waals surface area contributed by atoms with Crippen molar-refractivity contribution in [1.82, 2.24) is 4.98 Å². The Kier molecular flexibility index (Phi) is 2.42. The standard InChI is InChI=1S/C11H16N2O/c1-7-4-11(14)13-6-10(7)8-2-3-9(12)5-8/h4,6,8-9H,2-3,5,12H2,1H3,(H,13,14). The maximum atomic E-state index is 11.0. The van der Waals surface area contributed by atoms with Gasteiger partial charge in [0.15, 0.2) is 0 Å². The van der Waals surface area contributed by atoms with E-state index in [0.717, 1.165) is 24.8 Å². The molecule has 3 nitrogen and oxygen atoms in total. The van der Waals surface area contributed by atoms with Crippen molar-refractivity contribution in [2.45, 2.75) is 38.1 Å². The monoisotopic (exact) mass is 192 g/mol. The predicted molar refractivity (Wildman–Crippen MR) is 56.4 cm³/mol. The zero-order valence-electron chi connectivity index (χ0n) is 8.42. The van der Waals surface area contributed by atoms with Gasteiger partial charge in [0.05, 0.1) is 0 Å². The number of hydrogen-bond donors (Lipinski definition) is 2. The number of nitrogens with one attached hydrogen (secondary N) is 1. The lowest BCUT2D eigenvalue weighted by atomic mass is 9.95. The van der Waals surface area contributed by atoms with Crippen LogP contribution < -0.4 is 11.3 Å². The molecule has 1 fully saturated rings. The molecule has 0 aromatic carbocycles. The molecule has 2 rings (SSSR count). The van der Waals surface area contributed by atoms with Crippen molar-refractivity contribution in [1.29, 1.82) is 0 Å². The number of rotatable bonds is 1. The molecule has 0 saturated heterocycles. The van der Waals surface area contributed by atoms with Gasteiger partial charge < -0.3 is 10.7 Å². The number of pyridine rings is 1. The number of aromatic nitrogens is 1. The summed E-state index contributed by atoms with van der Waals surface area (Å²) in [5.41, 5.74) is 8.20. The van der Waals surface area contributed by atoms with Gasteiger partial charge in [-0.2, -0.15) is 0 Å². The van der Waals surface area contributed by atoms with Crippen molar-refractivity contribution < 1.29 is 0 Å². The summed E-state index contributed by atoms with van der Waals surface area (Å²) in [7, 11) is 0. The maximum Gasteiger partial charge on any atom is 0.248 e. The first-order chi connectivity index (χ1) is 6.66. The smallest absolute Gasteiger partial charge is 0.248 e. The molecule has 0 aliphatic heterocycles. The predicted octanol–water partition coefficient (Wildman–Crippen LogP) is 1.28. The summed E-state index contributed by atoms with van der Waals surface area (Å²) in [4.78, 5) is 13.8. The Morgan fingerprint density at radius 2 is 2.29 bits per heavy atom. The van der Waals surface area contributed by atoms with Crippen LogP contribution >= 0.6 is 0 Å². The zero-order valence-corrected chi connectivity index (χ0v) is 8.42. The van der Waals surface area contributed by atoms with Crippen LogP contribution in [0.3, 0.4) is 0 Å². The molecule has 1 heterocycles. The van der Waals surface area contributed by atoms with Crippen molar-refractivity contribution in [3.8, 4) is 0 Å². The number of H-pyrrole nitrogens is 1. The molecule has 1 aliphatic carbocycles. The lowest BCUT2D eigenvalue weighted by Crippen LogP contribution is -2.15. The molecule has 0 amide bonds. The fourth-order valence-electron chi connectivity index (χ4n) is 2.32. The second-order valence-electron chi connectivity index (χ2n) is 4.21. The Labute approximate surface area is 83.3 Å². The van der Waals surface area contributed by atoms with Gasteiger partial charge in [0.1, 0.15) is 0 Å². The van der Waals surface area contributed by atoms with Crippen LogP contribution in [0.5, 0.6) is 0 Å². The third-order valence-corrected chi connectivity index (χ3v) is 3.09. The van der Waals surface area contributed by atoms with Crippen LogP contribution in [0.25, 0.3) is 0 Å². The Balaban J connectivity index is 2.28. The van der Waals surface area contributed by atoms with E-state index in [1.54, 1.807) is 6.07 Å². The highest BCUT2D eigenvalue weighted by Gasteiger charge is 2.24. The van der Waals surface area contributed by atoms with E-state index in [9.17, 15) is 4.79 Å². The van der Waals surface area contributed by atoms with E-state index in [2.05, 4.69) is 4.98 Å². The van der Waals surface area contributed by atoms with Crippen LogP contribution in [0.1, 0.15) is 36.3 Å². The van der Waals surface area contributed by atoms with Crippen molar-refractivity contribution in [2.75, 3.05) is 0 Å². The van der Waals surface area contributed by atoms with E-state index in [4.69, 9.17) is 5.73 Å². The second-order valence-corrected chi connectivity index (χ2v) is 4.21. The molecular weight excluding hydrogens is 176 g/mol.